The molecule has 1 unspecified atom stereocenters. The summed E-state index contributed by atoms with van der Waals surface area (Å²) in [7, 11) is 0. The van der Waals surface area contributed by atoms with Gasteiger partial charge in [0.1, 0.15) is 13.2 Å². The van der Waals surface area contributed by atoms with Crippen molar-refractivity contribution in [1.29, 1.82) is 0 Å². The summed E-state index contributed by atoms with van der Waals surface area (Å²) in [5.74, 6) is -0.879. The standard InChI is InChI=1S/C70H126O6/c1-4-7-10-13-16-19-22-25-28-30-32-34-35-37-38-40-42-45-48-51-54-57-60-63-69(72)75-66-67(65-74-68(71)62-59-56-53-50-47-44-27-24-21-18-15-12-9-6-3)76-70(73)64-61-58-55-52-49-46-43-41-39-36-33-31-29-26-23-20-17-14-11-8-5-2/h15,18,22,24-25,27,30-33,67H,4-14,16-17,19-21,23,26,28-29,34-66H2,1-3H3/b18-15-,25-22-,27-24-,32-30-,33-31-. The van der Waals surface area contributed by atoms with E-state index in [9.17, 15) is 14.4 Å². The molecule has 1 atom stereocenters. The molecule has 442 valence electrons. The summed E-state index contributed by atoms with van der Waals surface area (Å²) in [5, 5.41) is 0. The Kier molecular flexibility index (Phi) is 62.2. The topological polar surface area (TPSA) is 78.9 Å². The average molecular weight is 1060 g/mol. The normalized spacial score (nSPS) is 12.4. The number of esters is 3. The molecule has 0 N–H and O–H groups in total. The van der Waals surface area contributed by atoms with Crippen LogP contribution in [0.1, 0.15) is 348 Å². The van der Waals surface area contributed by atoms with Gasteiger partial charge in [-0.15, -0.1) is 0 Å². The summed E-state index contributed by atoms with van der Waals surface area (Å²) in [6.45, 7) is 6.62. The first kappa shape index (κ1) is 73.1. The molecule has 6 heteroatoms. The lowest BCUT2D eigenvalue weighted by Gasteiger charge is -2.18. The Bertz CT molecular complexity index is 1360. The molecular formula is C70H126O6. The van der Waals surface area contributed by atoms with E-state index in [-0.39, 0.29) is 31.1 Å². The Morgan fingerprint density at radius 2 is 0.487 bits per heavy atom. The lowest BCUT2D eigenvalue weighted by Crippen LogP contribution is -2.30. The van der Waals surface area contributed by atoms with E-state index < -0.39 is 6.10 Å². The molecule has 0 aromatic carbocycles. The van der Waals surface area contributed by atoms with Crippen LogP contribution in [0.3, 0.4) is 0 Å². The molecule has 0 aliphatic carbocycles. The molecule has 0 aromatic heterocycles. The van der Waals surface area contributed by atoms with Crippen molar-refractivity contribution in [3.8, 4) is 0 Å². The van der Waals surface area contributed by atoms with Crippen LogP contribution in [-0.2, 0) is 28.6 Å². The highest BCUT2D eigenvalue weighted by Gasteiger charge is 2.19. The second-order valence-electron chi connectivity index (χ2n) is 22.4. The predicted octanol–water partition coefficient (Wildman–Crippen LogP) is 22.7. The van der Waals surface area contributed by atoms with Crippen LogP contribution in [-0.4, -0.2) is 37.2 Å². The van der Waals surface area contributed by atoms with Crippen LogP contribution in [0.2, 0.25) is 0 Å². The SMILES string of the molecule is CCCC/C=C\C/C=C\CCCCCCCC(=O)OCC(COC(=O)CCCCCCCCCCCCC/C=C\C/C=C\CCCCCCC)OC(=O)CCCCCCCCCCC/C=C\CCCCCCCCCC. The molecular weight excluding hydrogens is 937 g/mol. The van der Waals surface area contributed by atoms with Gasteiger partial charge in [0.05, 0.1) is 0 Å². The van der Waals surface area contributed by atoms with E-state index >= 15 is 0 Å². The number of unbranched alkanes of at least 4 members (excludes halogenated alkanes) is 40. The minimum absolute atomic E-state index is 0.0787. The summed E-state index contributed by atoms with van der Waals surface area (Å²) in [5.41, 5.74) is 0. The molecule has 0 heterocycles. The Morgan fingerprint density at radius 3 is 0.776 bits per heavy atom. The third-order valence-electron chi connectivity index (χ3n) is 14.7. The van der Waals surface area contributed by atoms with Gasteiger partial charge in [-0.1, -0.05) is 287 Å². The molecule has 0 saturated carbocycles. The van der Waals surface area contributed by atoms with E-state index in [1.807, 2.05) is 0 Å². The first-order valence-electron chi connectivity index (χ1n) is 33.3. The van der Waals surface area contributed by atoms with Crippen LogP contribution in [0.4, 0.5) is 0 Å². The number of ether oxygens (including phenoxy) is 3. The minimum atomic E-state index is -0.783. The van der Waals surface area contributed by atoms with Crippen molar-refractivity contribution < 1.29 is 28.6 Å². The van der Waals surface area contributed by atoms with Gasteiger partial charge in [0, 0.05) is 19.3 Å². The number of rotatable bonds is 61. The Morgan fingerprint density at radius 1 is 0.263 bits per heavy atom. The van der Waals surface area contributed by atoms with Crippen molar-refractivity contribution in [1.82, 2.24) is 0 Å². The maximum atomic E-state index is 12.9. The minimum Gasteiger partial charge on any atom is -0.462 e. The fraction of sp³-hybridized carbons (Fsp3) is 0.814. The maximum Gasteiger partial charge on any atom is 0.306 e. The van der Waals surface area contributed by atoms with Gasteiger partial charge in [-0.3, -0.25) is 14.4 Å². The molecule has 0 radical (unpaired) electrons. The van der Waals surface area contributed by atoms with Crippen molar-refractivity contribution in [3.63, 3.8) is 0 Å². The molecule has 0 aliphatic rings. The summed E-state index contributed by atoms with van der Waals surface area (Å²) in [4.78, 5) is 38.4. The summed E-state index contributed by atoms with van der Waals surface area (Å²) >= 11 is 0. The lowest BCUT2D eigenvalue weighted by molar-refractivity contribution is -0.167. The van der Waals surface area contributed by atoms with Gasteiger partial charge >= 0.3 is 17.9 Å². The van der Waals surface area contributed by atoms with Gasteiger partial charge in [-0.2, -0.15) is 0 Å². The zero-order valence-electron chi connectivity index (χ0n) is 50.8. The Balaban J connectivity index is 4.32. The smallest absolute Gasteiger partial charge is 0.306 e. The van der Waals surface area contributed by atoms with E-state index in [2.05, 4.69) is 81.5 Å². The van der Waals surface area contributed by atoms with Gasteiger partial charge in [-0.25, -0.2) is 0 Å². The molecule has 0 rings (SSSR count). The Labute approximate surface area is 472 Å². The zero-order valence-corrected chi connectivity index (χ0v) is 50.8. The average Bonchev–Trinajstić information content (AvgIpc) is 3.42. The van der Waals surface area contributed by atoms with Crippen LogP contribution in [0, 0.1) is 0 Å². The highest BCUT2D eigenvalue weighted by Crippen LogP contribution is 2.17. The lowest BCUT2D eigenvalue weighted by atomic mass is 10.0. The van der Waals surface area contributed by atoms with Gasteiger partial charge in [0.2, 0.25) is 0 Å². The monoisotopic (exact) mass is 1060 g/mol. The Hall–Kier alpha value is -2.89. The summed E-state index contributed by atoms with van der Waals surface area (Å²) in [6.07, 6.45) is 82.3. The number of hydrogen-bond acceptors (Lipinski definition) is 6. The molecule has 0 amide bonds. The quantitative estimate of drug-likeness (QED) is 0.0261. The van der Waals surface area contributed by atoms with Crippen molar-refractivity contribution in [2.75, 3.05) is 13.2 Å². The van der Waals surface area contributed by atoms with Crippen LogP contribution < -0.4 is 0 Å². The van der Waals surface area contributed by atoms with E-state index in [0.29, 0.717) is 19.3 Å². The number of hydrogen-bond donors (Lipinski definition) is 0. The van der Waals surface area contributed by atoms with Crippen LogP contribution in [0.5, 0.6) is 0 Å². The molecule has 0 spiro atoms. The number of allylic oxidation sites excluding steroid dienone is 10. The second kappa shape index (κ2) is 64.6. The second-order valence-corrected chi connectivity index (χ2v) is 22.4. The largest absolute Gasteiger partial charge is 0.462 e. The van der Waals surface area contributed by atoms with Gasteiger partial charge in [-0.05, 0) is 103 Å². The van der Waals surface area contributed by atoms with Crippen molar-refractivity contribution in [2.24, 2.45) is 0 Å². The van der Waals surface area contributed by atoms with Gasteiger partial charge < -0.3 is 14.2 Å². The molecule has 0 aromatic rings. The molecule has 0 aliphatic heterocycles. The van der Waals surface area contributed by atoms with Gasteiger partial charge in [0.25, 0.3) is 0 Å². The maximum absolute atomic E-state index is 12.9. The molecule has 76 heavy (non-hydrogen) atoms. The molecule has 0 fully saturated rings. The fourth-order valence-corrected chi connectivity index (χ4v) is 9.66. The van der Waals surface area contributed by atoms with E-state index in [4.69, 9.17) is 14.2 Å². The number of carbonyl (C=O) groups is 3. The third-order valence-corrected chi connectivity index (χ3v) is 14.7. The molecule has 0 saturated heterocycles. The van der Waals surface area contributed by atoms with Crippen LogP contribution >= 0.6 is 0 Å². The van der Waals surface area contributed by atoms with Crippen LogP contribution in [0.25, 0.3) is 0 Å². The van der Waals surface area contributed by atoms with E-state index in [1.165, 1.54) is 225 Å². The van der Waals surface area contributed by atoms with Crippen molar-refractivity contribution >= 4 is 17.9 Å². The first-order chi connectivity index (χ1) is 37.5. The first-order valence-corrected chi connectivity index (χ1v) is 33.3. The molecule has 0 bridgehead atoms. The summed E-state index contributed by atoms with van der Waals surface area (Å²) in [6, 6.07) is 0. The predicted molar refractivity (Wildman–Crippen MR) is 330 cm³/mol. The van der Waals surface area contributed by atoms with E-state index in [1.54, 1.807) is 0 Å². The zero-order chi connectivity index (χ0) is 55.0. The summed E-state index contributed by atoms with van der Waals surface area (Å²) < 4.78 is 16.9. The fourth-order valence-electron chi connectivity index (χ4n) is 9.66. The highest BCUT2D eigenvalue weighted by atomic mass is 16.6. The third kappa shape index (κ3) is 62.0. The van der Waals surface area contributed by atoms with Crippen LogP contribution in [0.15, 0.2) is 60.8 Å². The highest BCUT2D eigenvalue weighted by molar-refractivity contribution is 5.71. The molecule has 6 nitrogen and oxygen atoms in total. The van der Waals surface area contributed by atoms with Crippen molar-refractivity contribution in [3.05, 3.63) is 60.8 Å². The van der Waals surface area contributed by atoms with Crippen molar-refractivity contribution in [2.45, 2.75) is 354 Å². The van der Waals surface area contributed by atoms with Gasteiger partial charge in [0.15, 0.2) is 6.10 Å². The number of carbonyl (C=O) groups excluding carboxylic acids is 3. The van der Waals surface area contributed by atoms with E-state index in [0.717, 1.165) is 83.5 Å².